The second-order valence-electron chi connectivity index (χ2n) is 2.36. The van der Waals surface area contributed by atoms with E-state index in [1.165, 1.54) is 11.1 Å². The van der Waals surface area contributed by atoms with Crippen molar-refractivity contribution in [3.8, 4) is 0 Å². The van der Waals surface area contributed by atoms with Gasteiger partial charge in [-0.1, -0.05) is 37.0 Å². The largest absolute Gasteiger partial charge is 0.0949 e. The summed E-state index contributed by atoms with van der Waals surface area (Å²) >= 11 is 0. The van der Waals surface area contributed by atoms with Crippen molar-refractivity contribution in [3.63, 3.8) is 0 Å². The highest BCUT2D eigenvalue weighted by atomic mass is 14.0. The Bertz CT molecular complexity index is 214. The highest BCUT2D eigenvalue weighted by Gasteiger charge is 1.98. The Balaban J connectivity index is 2.80. The Kier molecular flexibility index (Phi) is 2.27. The number of hydrogen-bond donors (Lipinski definition) is 0. The average Bonchev–Trinajstić information content (AvgIpc) is 1.94. The van der Waals surface area contributed by atoms with Gasteiger partial charge in [0, 0.05) is 0 Å². The molecule has 0 fully saturated rings. The summed E-state index contributed by atoms with van der Waals surface area (Å²) in [6.45, 7) is 5.96. The summed E-state index contributed by atoms with van der Waals surface area (Å²) in [5.74, 6) is 0. The van der Waals surface area contributed by atoms with Gasteiger partial charge in [-0.05, 0) is 24.5 Å². The van der Waals surface area contributed by atoms with Crippen LogP contribution in [0.5, 0.6) is 0 Å². The summed E-state index contributed by atoms with van der Waals surface area (Å²) in [4.78, 5) is 0. The molecule has 1 rings (SSSR count). The van der Waals surface area contributed by atoms with Gasteiger partial charge in [0.05, 0.1) is 0 Å². The second kappa shape index (κ2) is 3.21. The molecule has 0 saturated carbocycles. The quantitative estimate of drug-likeness (QED) is 0.514. The maximum absolute atomic E-state index is 3.94. The lowest BCUT2D eigenvalue weighted by molar-refractivity contribution is 1.23. The van der Waals surface area contributed by atoms with E-state index in [2.05, 4.69) is 30.9 Å². The van der Waals surface area contributed by atoms with Crippen molar-refractivity contribution in [1.82, 2.24) is 0 Å². The zero-order chi connectivity index (χ0) is 7.40. The molecule has 10 heavy (non-hydrogen) atoms. The van der Waals surface area contributed by atoms with Gasteiger partial charge in [0.1, 0.15) is 0 Å². The van der Waals surface area contributed by atoms with Gasteiger partial charge >= 0.3 is 0 Å². The summed E-state index contributed by atoms with van der Waals surface area (Å²) < 4.78 is 0. The Morgan fingerprint density at radius 1 is 1.60 bits per heavy atom. The molecule has 52 valence electrons. The molecule has 0 heterocycles. The molecule has 0 aliphatic heterocycles. The predicted molar refractivity (Wildman–Crippen MR) is 45.8 cm³/mol. The lowest BCUT2D eigenvalue weighted by Gasteiger charge is -2.06. The molecule has 0 aromatic rings. The molecule has 0 radical (unpaired) electrons. The van der Waals surface area contributed by atoms with Crippen LogP contribution in [0.1, 0.15) is 13.3 Å². The topological polar surface area (TPSA) is 0 Å². The van der Waals surface area contributed by atoms with Crippen molar-refractivity contribution in [3.05, 3.63) is 48.1 Å². The van der Waals surface area contributed by atoms with Crippen LogP contribution in [-0.4, -0.2) is 0 Å². The summed E-state index contributed by atoms with van der Waals surface area (Å²) in [6.07, 6.45) is 11.4. The Hall–Kier alpha value is -1.04. The molecule has 0 atom stereocenters. The van der Waals surface area contributed by atoms with E-state index in [0.29, 0.717) is 0 Å². The van der Waals surface area contributed by atoms with Crippen molar-refractivity contribution in [2.45, 2.75) is 13.3 Å². The SMILES string of the molecule is C=C1CC=CC=C1/C=C\C. The van der Waals surface area contributed by atoms with E-state index >= 15 is 0 Å². The predicted octanol–water partition coefficient (Wildman–Crippen LogP) is 3.01. The standard InChI is InChI=1S/C10H12/c1-3-6-10-8-5-4-7-9(10)2/h3-6,8H,2,7H2,1H3/b6-3-. The zero-order valence-electron chi connectivity index (χ0n) is 6.30. The number of hydrogen-bond acceptors (Lipinski definition) is 0. The van der Waals surface area contributed by atoms with E-state index in [1.807, 2.05) is 13.0 Å². The van der Waals surface area contributed by atoms with E-state index in [1.54, 1.807) is 0 Å². The average molecular weight is 132 g/mol. The molecule has 0 nitrogen and oxygen atoms in total. The van der Waals surface area contributed by atoms with E-state index in [4.69, 9.17) is 0 Å². The molecule has 0 aromatic heterocycles. The van der Waals surface area contributed by atoms with Crippen molar-refractivity contribution in [1.29, 1.82) is 0 Å². The molecule has 0 saturated heterocycles. The summed E-state index contributed by atoms with van der Waals surface area (Å²) in [5.41, 5.74) is 2.46. The van der Waals surface area contributed by atoms with E-state index < -0.39 is 0 Å². The van der Waals surface area contributed by atoms with E-state index in [9.17, 15) is 0 Å². The van der Waals surface area contributed by atoms with Crippen LogP contribution >= 0.6 is 0 Å². The maximum Gasteiger partial charge on any atom is -0.00943 e. The van der Waals surface area contributed by atoms with Crippen molar-refractivity contribution in [2.75, 3.05) is 0 Å². The first-order valence-electron chi connectivity index (χ1n) is 3.52. The molecule has 0 bridgehead atoms. The van der Waals surface area contributed by atoms with Gasteiger partial charge in [0.2, 0.25) is 0 Å². The summed E-state index contributed by atoms with van der Waals surface area (Å²) in [5, 5.41) is 0. The van der Waals surface area contributed by atoms with Gasteiger partial charge in [-0.15, -0.1) is 0 Å². The van der Waals surface area contributed by atoms with Crippen LogP contribution in [0.2, 0.25) is 0 Å². The smallest absolute Gasteiger partial charge is 0.00943 e. The monoisotopic (exact) mass is 132 g/mol. The van der Waals surface area contributed by atoms with Crippen LogP contribution < -0.4 is 0 Å². The van der Waals surface area contributed by atoms with Crippen molar-refractivity contribution >= 4 is 0 Å². The zero-order valence-corrected chi connectivity index (χ0v) is 6.30. The Morgan fingerprint density at radius 2 is 2.40 bits per heavy atom. The molecular weight excluding hydrogens is 120 g/mol. The van der Waals surface area contributed by atoms with Crippen molar-refractivity contribution < 1.29 is 0 Å². The van der Waals surface area contributed by atoms with Crippen LogP contribution in [-0.2, 0) is 0 Å². The lowest BCUT2D eigenvalue weighted by Crippen LogP contribution is -1.86. The molecule has 0 amide bonds. The maximum atomic E-state index is 3.94. The fourth-order valence-corrected chi connectivity index (χ4v) is 0.971. The first-order chi connectivity index (χ1) is 4.84. The molecule has 0 spiro atoms. The normalized spacial score (nSPS) is 18.1. The van der Waals surface area contributed by atoms with Crippen LogP contribution in [0.4, 0.5) is 0 Å². The van der Waals surface area contributed by atoms with Gasteiger partial charge < -0.3 is 0 Å². The van der Waals surface area contributed by atoms with Crippen LogP contribution in [0.15, 0.2) is 48.1 Å². The Labute approximate surface area is 62.3 Å². The third kappa shape index (κ3) is 1.47. The minimum absolute atomic E-state index is 0.996. The summed E-state index contributed by atoms with van der Waals surface area (Å²) in [7, 11) is 0. The van der Waals surface area contributed by atoms with E-state index in [-0.39, 0.29) is 0 Å². The third-order valence-corrected chi connectivity index (χ3v) is 1.53. The van der Waals surface area contributed by atoms with Crippen LogP contribution in [0, 0.1) is 0 Å². The first-order valence-corrected chi connectivity index (χ1v) is 3.52. The van der Waals surface area contributed by atoms with Gasteiger partial charge in [-0.2, -0.15) is 0 Å². The fraction of sp³-hybridized carbons (Fsp3) is 0.200. The van der Waals surface area contributed by atoms with Gasteiger partial charge in [-0.3, -0.25) is 0 Å². The van der Waals surface area contributed by atoms with Crippen molar-refractivity contribution in [2.24, 2.45) is 0 Å². The fourth-order valence-electron chi connectivity index (χ4n) is 0.971. The van der Waals surface area contributed by atoms with Gasteiger partial charge in [0.25, 0.3) is 0 Å². The molecule has 1 aliphatic carbocycles. The second-order valence-corrected chi connectivity index (χ2v) is 2.36. The first kappa shape index (κ1) is 7.07. The molecule has 1 aliphatic rings. The number of allylic oxidation sites excluding steroid dienone is 7. The Morgan fingerprint density at radius 3 is 3.00 bits per heavy atom. The van der Waals surface area contributed by atoms with Crippen LogP contribution in [0.25, 0.3) is 0 Å². The highest BCUT2D eigenvalue weighted by Crippen LogP contribution is 2.17. The van der Waals surface area contributed by atoms with Crippen LogP contribution in [0.3, 0.4) is 0 Å². The minimum Gasteiger partial charge on any atom is -0.0949 e. The molecule has 0 heteroatoms. The van der Waals surface area contributed by atoms with Gasteiger partial charge in [0.15, 0.2) is 0 Å². The third-order valence-electron chi connectivity index (χ3n) is 1.53. The molecule has 0 unspecified atom stereocenters. The van der Waals surface area contributed by atoms with E-state index in [0.717, 1.165) is 6.42 Å². The molecular formula is C10H12. The minimum atomic E-state index is 0.996. The molecule has 0 N–H and O–H groups in total. The lowest BCUT2D eigenvalue weighted by atomic mass is 10.00. The number of rotatable bonds is 1. The molecule has 0 aromatic carbocycles. The van der Waals surface area contributed by atoms with Gasteiger partial charge in [-0.25, -0.2) is 0 Å². The summed E-state index contributed by atoms with van der Waals surface area (Å²) in [6, 6.07) is 0. The highest BCUT2D eigenvalue weighted by molar-refractivity contribution is 5.44.